The van der Waals surface area contributed by atoms with E-state index >= 15 is 0 Å². The molecule has 4 amide bonds. The lowest BCUT2D eigenvalue weighted by atomic mass is 9.85. The Hall–Kier alpha value is -6.87. The van der Waals surface area contributed by atoms with Crippen LogP contribution in [0.4, 0.5) is 21.6 Å². The lowest BCUT2D eigenvalue weighted by Gasteiger charge is -2.35. The number of rotatable bonds is 25. The normalized spacial score (nSPS) is 15.5. The topological polar surface area (TPSA) is 222 Å². The van der Waals surface area contributed by atoms with Gasteiger partial charge in [-0.2, -0.15) is 0 Å². The van der Waals surface area contributed by atoms with Crippen LogP contribution in [0, 0.1) is 18.2 Å². The summed E-state index contributed by atoms with van der Waals surface area (Å²) in [6.45, 7) is 16.6. The Morgan fingerprint density at radius 2 is 1.74 bits per heavy atom. The highest BCUT2D eigenvalue weighted by atomic mass is 35.5. The standard InChI is InChI=1S/C56H70ClFN12O6S/c1-8-68(9-2)24-15-17-49(72)64-46-28-42-45(59-33-60-53(42)63-39-22-23-44(58)43(57)26-39)29-48(46)76-32-40-30-69(67-66-40)25-14-12-10-11-13-16-50(73)65-52(56(5,6)7)55(75)70-31-41(71)27-47(70)54(74)62-35(3)37-18-20-38(21-19-37)51-36(4)61-34-77-51/h15,17-23,26,28-30,33-35,41,47,52,71H,8-14,16,24-25,27,31-32H2,1-7H3,(H,62,74)(H,64,72)(H,65,73)(H,59,60,63)/b17-15+/t35-,41-,47+,52-/m1/s1. The number of amides is 4. The number of unbranched alkanes of at least 4 members (excludes halogenated alkanes) is 4. The summed E-state index contributed by atoms with van der Waals surface area (Å²) >= 11 is 7.61. The van der Waals surface area contributed by atoms with Crippen LogP contribution in [-0.2, 0) is 32.3 Å². The van der Waals surface area contributed by atoms with Crippen LogP contribution < -0.4 is 26.0 Å². The third-order valence-electron chi connectivity index (χ3n) is 13.5. The highest BCUT2D eigenvalue weighted by Gasteiger charge is 2.44. The molecule has 0 bridgehead atoms. The van der Waals surface area contributed by atoms with Crippen LogP contribution in [0.3, 0.4) is 0 Å². The second kappa shape index (κ2) is 26.9. The summed E-state index contributed by atoms with van der Waals surface area (Å²) in [4.78, 5) is 72.3. The molecule has 1 saturated heterocycles. The first kappa shape index (κ1) is 57.8. The number of hydrogen-bond donors (Lipinski definition) is 5. The molecule has 77 heavy (non-hydrogen) atoms. The van der Waals surface area contributed by atoms with Gasteiger partial charge in [-0.05, 0) is 80.6 Å². The number of nitrogens with zero attached hydrogens (tertiary/aromatic N) is 8. The predicted octanol–water partition coefficient (Wildman–Crippen LogP) is 9.32. The maximum Gasteiger partial charge on any atom is 0.248 e. The Balaban J connectivity index is 0.870. The second-order valence-electron chi connectivity index (χ2n) is 20.4. The van der Waals surface area contributed by atoms with Gasteiger partial charge in [0.05, 0.1) is 50.7 Å². The minimum Gasteiger partial charge on any atom is -0.485 e. The van der Waals surface area contributed by atoms with Crippen LogP contribution in [-0.4, -0.2) is 113 Å². The number of thiazole rings is 1. The molecule has 18 nitrogen and oxygen atoms in total. The van der Waals surface area contributed by atoms with E-state index in [4.69, 9.17) is 16.3 Å². The van der Waals surface area contributed by atoms with Gasteiger partial charge >= 0.3 is 0 Å². The maximum atomic E-state index is 14.2. The lowest BCUT2D eigenvalue weighted by Crippen LogP contribution is -2.57. The quantitative estimate of drug-likeness (QED) is 0.0267. The Morgan fingerprint density at radius 3 is 2.45 bits per heavy atom. The molecule has 0 saturated carbocycles. The molecule has 0 aliphatic carbocycles. The number of aromatic nitrogens is 6. The Kier molecular flexibility index (Phi) is 20.2. The lowest BCUT2D eigenvalue weighted by molar-refractivity contribution is -0.144. The Bertz CT molecular complexity index is 3010. The zero-order valence-electron chi connectivity index (χ0n) is 44.8. The molecule has 0 radical (unpaired) electrons. The summed E-state index contributed by atoms with van der Waals surface area (Å²) in [5.41, 5.74) is 6.05. The van der Waals surface area contributed by atoms with Crippen LogP contribution >= 0.6 is 22.9 Å². The van der Waals surface area contributed by atoms with E-state index in [0.29, 0.717) is 59.0 Å². The summed E-state index contributed by atoms with van der Waals surface area (Å²) in [7, 11) is 0. The number of benzene rings is 3. The fourth-order valence-electron chi connectivity index (χ4n) is 9.08. The first-order valence-electron chi connectivity index (χ1n) is 26.2. The van der Waals surface area contributed by atoms with Crippen LogP contribution in [0.15, 0.2) is 84.8 Å². The molecule has 1 aliphatic heterocycles. The van der Waals surface area contributed by atoms with Gasteiger partial charge in [-0.25, -0.2) is 19.3 Å². The number of aliphatic hydroxyl groups excluding tert-OH is 1. The smallest absolute Gasteiger partial charge is 0.248 e. The summed E-state index contributed by atoms with van der Waals surface area (Å²) < 4.78 is 21.9. The SMILES string of the molecule is CCN(CC)C/C=C/C(=O)Nc1cc2c(Nc3ccc(F)c(Cl)c3)ncnc2cc1OCc1cn(CCCCCCCC(=O)N[C@H](C(=O)N2C[C@H](O)C[C@H]2C(=O)N[C@H](C)c2ccc(-c3scnc3C)cc2)C(C)(C)C)nn1. The van der Waals surface area contributed by atoms with Gasteiger partial charge in [-0.3, -0.25) is 23.9 Å². The number of β-amino-alcohol motifs (C(OH)–C–C–N with tert-alkyl or cyclic N) is 1. The van der Waals surface area contributed by atoms with E-state index in [-0.39, 0.29) is 54.8 Å². The average molecular weight is 1090 g/mol. The van der Waals surface area contributed by atoms with E-state index in [2.05, 4.69) is 65.3 Å². The molecular weight excluding hydrogens is 1020 g/mol. The third kappa shape index (κ3) is 15.9. The van der Waals surface area contributed by atoms with Gasteiger partial charge in [0.15, 0.2) is 0 Å². The molecule has 0 unspecified atom stereocenters. The van der Waals surface area contributed by atoms with Gasteiger partial charge in [0.1, 0.15) is 48.1 Å². The molecule has 1 aliphatic rings. The summed E-state index contributed by atoms with van der Waals surface area (Å²) in [5, 5.41) is 32.0. The zero-order valence-corrected chi connectivity index (χ0v) is 46.4. The number of aliphatic hydroxyl groups is 1. The number of fused-ring (bicyclic) bond motifs is 1. The number of halogens is 2. The fourth-order valence-corrected chi connectivity index (χ4v) is 10.1. The molecule has 5 N–H and O–H groups in total. The summed E-state index contributed by atoms with van der Waals surface area (Å²) in [5.74, 6) is -1.13. The van der Waals surface area contributed by atoms with Gasteiger partial charge < -0.3 is 40.9 Å². The highest BCUT2D eigenvalue weighted by molar-refractivity contribution is 7.13. The van der Waals surface area contributed by atoms with E-state index in [0.717, 1.165) is 60.5 Å². The number of carbonyl (C=O) groups excluding carboxylic acids is 4. The van der Waals surface area contributed by atoms with Crippen molar-refractivity contribution in [1.82, 2.24) is 50.4 Å². The number of nitrogens with one attached hydrogen (secondary N) is 4. The van der Waals surface area contributed by atoms with Crippen LogP contribution in [0.2, 0.25) is 5.02 Å². The molecule has 4 heterocycles. The minimum absolute atomic E-state index is 0.00146. The molecule has 3 aromatic heterocycles. The van der Waals surface area contributed by atoms with E-state index in [1.165, 1.54) is 29.4 Å². The van der Waals surface area contributed by atoms with Crippen LogP contribution in [0.1, 0.15) is 109 Å². The van der Waals surface area contributed by atoms with Crippen molar-refractivity contribution in [3.8, 4) is 16.2 Å². The Morgan fingerprint density at radius 1 is 0.987 bits per heavy atom. The van der Waals surface area contributed by atoms with Gasteiger partial charge in [0.25, 0.3) is 0 Å². The molecule has 4 atom stereocenters. The number of hydrogen-bond acceptors (Lipinski definition) is 14. The summed E-state index contributed by atoms with van der Waals surface area (Å²) in [6, 6.07) is 13.5. The van der Waals surface area contributed by atoms with Crippen molar-refractivity contribution in [1.29, 1.82) is 0 Å². The first-order valence-corrected chi connectivity index (χ1v) is 27.5. The molecular formula is C56H70ClFN12O6S. The number of carbonyl (C=O) groups is 4. The van der Waals surface area contributed by atoms with Crippen molar-refractivity contribution in [2.45, 2.75) is 131 Å². The molecule has 7 rings (SSSR count). The molecule has 410 valence electrons. The molecule has 0 spiro atoms. The first-order chi connectivity index (χ1) is 36.9. The van der Waals surface area contributed by atoms with Crippen molar-refractivity contribution in [2.75, 3.05) is 36.8 Å². The van der Waals surface area contributed by atoms with E-state index in [9.17, 15) is 28.7 Å². The van der Waals surface area contributed by atoms with Crippen molar-refractivity contribution >= 4 is 74.7 Å². The number of likely N-dealkylation sites (tertiary alicyclic amines) is 1. The molecule has 6 aromatic rings. The minimum atomic E-state index is -0.902. The molecule has 21 heteroatoms. The van der Waals surface area contributed by atoms with E-state index < -0.39 is 35.3 Å². The highest BCUT2D eigenvalue weighted by Crippen LogP contribution is 2.35. The van der Waals surface area contributed by atoms with Crippen molar-refractivity contribution < 1.29 is 33.4 Å². The average Bonchev–Trinajstić information content (AvgIpc) is 4.19. The van der Waals surface area contributed by atoms with E-state index in [1.54, 1.807) is 34.2 Å². The zero-order chi connectivity index (χ0) is 55.2. The van der Waals surface area contributed by atoms with Crippen LogP contribution in [0.5, 0.6) is 5.75 Å². The van der Waals surface area contributed by atoms with Crippen molar-refractivity contribution in [3.05, 3.63) is 113 Å². The van der Waals surface area contributed by atoms with E-state index in [1.807, 2.05) is 76.7 Å². The fraction of sp³-hybridized carbons (Fsp3) is 0.446. The summed E-state index contributed by atoms with van der Waals surface area (Å²) in [6.07, 6.45) is 10.0. The molecule has 1 fully saturated rings. The largest absolute Gasteiger partial charge is 0.485 e. The number of ether oxygens (including phenoxy) is 1. The van der Waals surface area contributed by atoms with Crippen molar-refractivity contribution in [3.63, 3.8) is 0 Å². The monoisotopic (exact) mass is 1090 g/mol. The number of aryl methyl sites for hydroxylation is 2. The number of likely N-dealkylation sites (N-methyl/N-ethyl adjacent to an activating group) is 1. The number of anilines is 3. The predicted molar refractivity (Wildman–Crippen MR) is 298 cm³/mol. The van der Waals surface area contributed by atoms with Gasteiger partial charge in [-0.15, -0.1) is 16.4 Å². The molecule has 3 aromatic carbocycles. The maximum absolute atomic E-state index is 14.2. The van der Waals surface area contributed by atoms with Crippen LogP contribution in [0.25, 0.3) is 21.3 Å². The van der Waals surface area contributed by atoms with Gasteiger partial charge in [-0.1, -0.05) is 101 Å². The third-order valence-corrected chi connectivity index (χ3v) is 14.8. The second-order valence-corrected chi connectivity index (χ2v) is 21.6. The van der Waals surface area contributed by atoms with Crippen molar-refractivity contribution in [2.24, 2.45) is 5.41 Å². The van der Waals surface area contributed by atoms with Gasteiger partial charge in [0.2, 0.25) is 23.6 Å². The Labute approximate surface area is 458 Å². The van der Waals surface area contributed by atoms with Gasteiger partial charge in [0, 0.05) is 55.7 Å².